The van der Waals surface area contributed by atoms with Gasteiger partial charge in [0, 0.05) is 11.1 Å². The molecule has 0 radical (unpaired) electrons. The summed E-state index contributed by atoms with van der Waals surface area (Å²) in [6, 6.07) is 10.8. The van der Waals surface area contributed by atoms with Gasteiger partial charge in [0.05, 0.1) is 14.6 Å². The molecule has 5 nitrogen and oxygen atoms in total. The van der Waals surface area contributed by atoms with Crippen LogP contribution in [0.1, 0.15) is 13.3 Å². The number of nitrogens with zero attached hydrogens (tertiary/aromatic N) is 2. The van der Waals surface area contributed by atoms with Crippen molar-refractivity contribution in [2.24, 2.45) is 0 Å². The van der Waals surface area contributed by atoms with Crippen LogP contribution in [0.2, 0.25) is 0 Å². The van der Waals surface area contributed by atoms with Gasteiger partial charge in [0.25, 0.3) is 5.89 Å². The molecule has 7 heteroatoms. The van der Waals surface area contributed by atoms with Crippen molar-refractivity contribution in [2.75, 3.05) is 6.61 Å². The average molecular weight is 501 g/mol. The van der Waals surface area contributed by atoms with E-state index in [4.69, 9.17) is 9.26 Å². The van der Waals surface area contributed by atoms with Crippen molar-refractivity contribution in [1.82, 2.24) is 10.1 Å². The van der Waals surface area contributed by atoms with Crippen LogP contribution in [-0.2, 0) is 0 Å². The van der Waals surface area contributed by atoms with Gasteiger partial charge in [-0.15, -0.1) is 0 Å². The number of rotatable bonds is 5. The normalized spacial score (nSPS) is 10.8. The smallest absolute Gasteiger partial charge is 0.258 e. The van der Waals surface area contributed by atoms with Crippen LogP contribution in [-0.4, -0.2) is 21.9 Å². The van der Waals surface area contributed by atoms with Crippen LogP contribution in [0.25, 0.3) is 22.8 Å². The van der Waals surface area contributed by atoms with E-state index in [0.717, 1.165) is 31.3 Å². The average Bonchev–Trinajstić information content (AvgIpc) is 3.06. The molecule has 3 rings (SSSR count). The zero-order valence-corrected chi connectivity index (χ0v) is 16.5. The van der Waals surface area contributed by atoms with E-state index in [1.807, 2.05) is 24.3 Å². The Kier molecular flexibility index (Phi) is 5.40. The van der Waals surface area contributed by atoms with Crippen molar-refractivity contribution in [3.05, 3.63) is 44.4 Å². The number of aromatic nitrogens is 2. The van der Waals surface area contributed by atoms with Crippen LogP contribution in [0.4, 0.5) is 0 Å². The predicted molar refractivity (Wildman–Crippen MR) is 103 cm³/mol. The van der Waals surface area contributed by atoms with Crippen LogP contribution in [0, 0.1) is 3.57 Å². The van der Waals surface area contributed by atoms with Gasteiger partial charge in [0.1, 0.15) is 11.5 Å². The molecule has 0 amide bonds. The van der Waals surface area contributed by atoms with E-state index in [1.54, 1.807) is 12.1 Å². The third-order valence-electron chi connectivity index (χ3n) is 3.27. The van der Waals surface area contributed by atoms with Gasteiger partial charge in [-0.25, -0.2) is 0 Å². The summed E-state index contributed by atoms with van der Waals surface area (Å²) in [4.78, 5) is 4.43. The zero-order valence-electron chi connectivity index (χ0n) is 12.8. The summed E-state index contributed by atoms with van der Waals surface area (Å²) in [5.41, 5.74) is 1.59. The lowest BCUT2D eigenvalue weighted by molar-refractivity contribution is 0.315. The Hall–Kier alpha value is -1.61. The Morgan fingerprint density at radius 1 is 1.21 bits per heavy atom. The number of hydrogen-bond donors (Lipinski definition) is 1. The summed E-state index contributed by atoms with van der Waals surface area (Å²) in [5.74, 6) is 1.92. The summed E-state index contributed by atoms with van der Waals surface area (Å²) in [7, 11) is 0. The first kappa shape index (κ1) is 17.2. The molecule has 0 spiro atoms. The number of benzene rings is 2. The van der Waals surface area contributed by atoms with Crippen LogP contribution >= 0.6 is 38.5 Å². The molecule has 1 N–H and O–H groups in total. The largest absolute Gasteiger partial charge is 0.507 e. The van der Waals surface area contributed by atoms with Gasteiger partial charge in [-0.05, 0) is 81.3 Å². The molecule has 24 heavy (non-hydrogen) atoms. The molecule has 0 aliphatic heterocycles. The number of ether oxygens (including phenoxy) is 1. The van der Waals surface area contributed by atoms with Crippen molar-refractivity contribution >= 4 is 38.5 Å². The first-order chi connectivity index (χ1) is 11.6. The third kappa shape index (κ3) is 3.72. The number of phenols is 1. The molecule has 0 aliphatic carbocycles. The van der Waals surface area contributed by atoms with E-state index in [0.29, 0.717) is 18.3 Å². The molecule has 0 unspecified atom stereocenters. The number of aromatic hydroxyl groups is 1. The van der Waals surface area contributed by atoms with Crippen molar-refractivity contribution < 1.29 is 14.4 Å². The lowest BCUT2D eigenvalue weighted by atomic mass is 10.2. The standard InChI is InChI=1S/C17H14BrIN2O3/c1-2-7-23-15-6-4-11(8-12(15)18)17-20-16(21-24-17)10-3-5-14(22)13(19)9-10/h3-6,8-9,22H,2,7H2,1H3. The highest BCUT2D eigenvalue weighted by Gasteiger charge is 2.13. The molecule has 3 aromatic rings. The second-order valence-corrected chi connectivity index (χ2v) is 7.10. The minimum atomic E-state index is 0.231. The fourth-order valence-corrected chi connectivity index (χ4v) is 3.08. The minimum absolute atomic E-state index is 0.231. The molecule has 1 heterocycles. The van der Waals surface area contributed by atoms with Crippen LogP contribution in [0.5, 0.6) is 11.5 Å². The van der Waals surface area contributed by atoms with E-state index in [2.05, 4.69) is 55.6 Å². The molecule has 0 atom stereocenters. The highest BCUT2D eigenvalue weighted by atomic mass is 127. The summed E-state index contributed by atoms with van der Waals surface area (Å²) < 4.78 is 12.6. The maximum Gasteiger partial charge on any atom is 0.258 e. The summed E-state index contributed by atoms with van der Waals surface area (Å²) in [6.45, 7) is 2.73. The predicted octanol–water partition coefficient (Wildman–Crippen LogP) is 5.27. The molecule has 0 saturated heterocycles. The monoisotopic (exact) mass is 500 g/mol. The van der Waals surface area contributed by atoms with E-state index < -0.39 is 0 Å². The molecule has 0 aliphatic rings. The summed E-state index contributed by atoms with van der Waals surface area (Å²) in [5, 5.41) is 13.6. The molecule has 1 aromatic heterocycles. The highest BCUT2D eigenvalue weighted by Crippen LogP contribution is 2.32. The highest BCUT2D eigenvalue weighted by molar-refractivity contribution is 14.1. The van der Waals surface area contributed by atoms with Gasteiger partial charge in [0.2, 0.25) is 5.82 Å². The van der Waals surface area contributed by atoms with Crippen LogP contribution in [0.15, 0.2) is 45.4 Å². The van der Waals surface area contributed by atoms with E-state index in [1.165, 1.54) is 0 Å². The molecular formula is C17H14BrIN2O3. The maximum absolute atomic E-state index is 9.60. The van der Waals surface area contributed by atoms with Gasteiger partial charge >= 0.3 is 0 Å². The Morgan fingerprint density at radius 2 is 2.00 bits per heavy atom. The summed E-state index contributed by atoms with van der Waals surface area (Å²) >= 11 is 5.56. The molecule has 0 bridgehead atoms. The number of hydrogen-bond acceptors (Lipinski definition) is 5. The zero-order chi connectivity index (χ0) is 17.1. The quantitative estimate of drug-likeness (QED) is 0.483. The van der Waals surface area contributed by atoms with Gasteiger partial charge in [0.15, 0.2) is 0 Å². The van der Waals surface area contributed by atoms with Gasteiger partial charge < -0.3 is 14.4 Å². The van der Waals surface area contributed by atoms with Crippen molar-refractivity contribution in [1.29, 1.82) is 0 Å². The number of halogens is 2. The van der Waals surface area contributed by atoms with Crippen LogP contribution < -0.4 is 4.74 Å². The third-order valence-corrected chi connectivity index (χ3v) is 4.76. The van der Waals surface area contributed by atoms with Gasteiger partial charge in [-0.3, -0.25) is 0 Å². The van der Waals surface area contributed by atoms with E-state index in [9.17, 15) is 5.11 Å². The maximum atomic E-state index is 9.60. The Balaban J connectivity index is 1.87. The Morgan fingerprint density at radius 3 is 2.71 bits per heavy atom. The second-order valence-electron chi connectivity index (χ2n) is 5.08. The van der Waals surface area contributed by atoms with Gasteiger partial charge in [-0.2, -0.15) is 4.98 Å². The fourth-order valence-electron chi connectivity index (χ4n) is 2.07. The Bertz CT molecular complexity index is 867. The van der Waals surface area contributed by atoms with Crippen molar-refractivity contribution in [2.45, 2.75) is 13.3 Å². The van der Waals surface area contributed by atoms with E-state index in [-0.39, 0.29) is 5.75 Å². The first-order valence-electron chi connectivity index (χ1n) is 7.34. The molecule has 0 fully saturated rings. The first-order valence-corrected chi connectivity index (χ1v) is 9.21. The Labute approximate surface area is 161 Å². The molecular weight excluding hydrogens is 487 g/mol. The lowest BCUT2D eigenvalue weighted by Gasteiger charge is -2.07. The fraction of sp³-hybridized carbons (Fsp3) is 0.176. The SMILES string of the molecule is CCCOc1ccc(-c2nc(-c3ccc(O)c(I)c3)no2)cc1Br. The van der Waals surface area contributed by atoms with Crippen molar-refractivity contribution in [3.63, 3.8) is 0 Å². The van der Waals surface area contributed by atoms with Crippen molar-refractivity contribution in [3.8, 4) is 34.3 Å². The number of phenolic OH excluding ortho intramolecular Hbond substituents is 1. The second kappa shape index (κ2) is 7.52. The minimum Gasteiger partial charge on any atom is -0.507 e. The van der Waals surface area contributed by atoms with E-state index >= 15 is 0 Å². The van der Waals surface area contributed by atoms with Gasteiger partial charge in [-0.1, -0.05) is 12.1 Å². The van der Waals surface area contributed by atoms with Crippen LogP contribution in [0.3, 0.4) is 0 Å². The summed E-state index contributed by atoms with van der Waals surface area (Å²) in [6.07, 6.45) is 0.951. The molecule has 0 saturated carbocycles. The molecule has 2 aromatic carbocycles. The topological polar surface area (TPSA) is 68.4 Å². The lowest BCUT2D eigenvalue weighted by Crippen LogP contribution is -1.95. The molecule has 124 valence electrons.